The van der Waals surface area contributed by atoms with E-state index in [1.54, 1.807) is 25.7 Å². The van der Waals surface area contributed by atoms with Crippen LogP contribution in [0, 0.1) is 0 Å². The van der Waals surface area contributed by atoms with E-state index in [0.717, 1.165) is 31.6 Å². The van der Waals surface area contributed by atoms with Gasteiger partial charge in [-0.1, -0.05) is 5.57 Å². The third-order valence-electron chi connectivity index (χ3n) is 4.41. The number of hydrogen-bond donors (Lipinski definition) is 1. The number of carbonyl (C=O) groups is 1. The number of nitrogens with one attached hydrogen (secondary N) is 1. The van der Waals surface area contributed by atoms with Gasteiger partial charge < -0.3 is 15.0 Å². The molecule has 6 nitrogen and oxygen atoms in total. The van der Waals surface area contributed by atoms with Gasteiger partial charge in [0.15, 0.2) is 0 Å². The van der Waals surface area contributed by atoms with Gasteiger partial charge in [-0.2, -0.15) is 0 Å². The summed E-state index contributed by atoms with van der Waals surface area (Å²) in [5, 5.41) is 3.01. The molecule has 1 aromatic rings. The minimum atomic E-state index is 0.0122. The van der Waals surface area contributed by atoms with E-state index in [1.165, 1.54) is 12.0 Å². The van der Waals surface area contributed by atoms with Crippen molar-refractivity contribution >= 4 is 11.7 Å². The van der Waals surface area contributed by atoms with Gasteiger partial charge in [0, 0.05) is 32.5 Å². The largest absolute Gasteiger partial charge is 0.380 e. The van der Waals surface area contributed by atoms with Gasteiger partial charge in [-0.05, 0) is 31.7 Å². The number of amides is 1. The van der Waals surface area contributed by atoms with Gasteiger partial charge >= 0.3 is 0 Å². The first-order valence-electron chi connectivity index (χ1n) is 7.79. The van der Waals surface area contributed by atoms with Gasteiger partial charge in [-0.3, -0.25) is 4.79 Å². The Kier molecular flexibility index (Phi) is 4.68. The SMILES string of the molecule is CO[C@@H]1C[C@H](CNC(=O)C=C2CCC2)N(c2ccncn2)C1. The molecule has 22 heavy (non-hydrogen) atoms. The molecule has 6 heteroatoms. The fourth-order valence-electron chi connectivity index (χ4n) is 2.95. The van der Waals surface area contributed by atoms with Gasteiger partial charge in [0.2, 0.25) is 5.91 Å². The van der Waals surface area contributed by atoms with Crippen LogP contribution in [0.15, 0.2) is 30.2 Å². The zero-order valence-electron chi connectivity index (χ0n) is 12.9. The van der Waals surface area contributed by atoms with E-state index in [2.05, 4.69) is 20.2 Å². The first-order valence-corrected chi connectivity index (χ1v) is 7.79. The molecular formula is C16H22N4O2. The van der Waals surface area contributed by atoms with Crippen LogP contribution in [0.4, 0.5) is 5.82 Å². The molecule has 1 aliphatic heterocycles. The van der Waals surface area contributed by atoms with E-state index in [1.807, 2.05) is 6.07 Å². The minimum Gasteiger partial charge on any atom is -0.380 e. The second-order valence-corrected chi connectivity index (χ2v) is 5.87. The van der Waals surface area contributed by atoms with Gasteiger partial charge in [0.25, 0.3) is 0 Å². The molecule has 1 amide bonds. The normalized spacial score (nSPS) is 24.0. The second kappa shape index (κ2) is 6.87. The van der Waals surface area contributed by atoms with Crippen LogP contribution < -0.4 is 10.2 Å². The summed E-state index contributed by atoms with van der Waals surface area (Å²) in [6.07, 6.45) is 9.43. The van der Waals surface area contributed by atoms with Crippen LogP contribution in [0.1, 0.15) is 25.7 Å². The zero-order valence-corrected chi connectivity index (χ0v) is 12.9. The molecule has 0 unspecified atom stereocenters. The first-order chi connectivity index (χ1) is 10.8. The van der Waals surface area contributed by atoms with Crippen molar-refractivity contribution in [2.45, 2.75) is 37.8 Å². The molecule has 118 valence electrons. The molecule has 0 bridgehead atoms. The summed E-state index contributed by atoms with van der Waals surface area (Å²) < 4.78 is 5.48. The first kappa shape index (κ1) is 15.0. The second-order valence-electron chi connectivity index (χ2n) is 5.87. The van der Waals surface area contributed by atoms with E-state index in [4.69, 9.17) is 4.74 Å². The molecule has 1 aliphatic carbocycles. The lowest BCUT2D eigenvalue weighted by atomic mass is 9.92. The Morgan fingerprint density at radius 2 is 2.41 bits per heavy atom. The molecule has 1 saturated carbocycles. The van der Waals surface area contributed by atoms with Crippen LogP contribution in [0.25, 0.3) is 0 Å². The minimum absolute atomic E-state index is 0.0122. The Balaban J connectivity index is 1.61. The van der Waals surface area contributed by atoms with E-state index < -0.39 is 0 Å². The molecule has 2 aliphatic rings. The summed E-state index contributed by atoms with van der Waals surface area (Å²) in [5.74, 6) is 0.893. The highest BCUT2D eigenvalue weighted by molar-refractivity contribution is 5.88. The smallest absolute Gasteiger partial charge is 0.244 e. The highest BCUT2D eigenvalue weighted by Gasteiger charge is 2.33. The molecule has 3 rings (SSSR count). The van der Waals surface area contributed by atoms with Gasteiger partial charge in [0.1, 0.15) is 12.1 Å². The average Bonchev–Trinajstić information content (AvgIpc) is 2.93. The summed E-state index contributed by atoms with van der Waals surface area (Å²) in [6, 6.07) is 2.09. The van der Waals surface area contributed by atoms with Gasteiger partial charge in [-0.25, -0.2) is 9.97 Å². The van der Waals surface area contributed by atoms with Crippen molar-refractivity contribution < 1.29 is 9.53 Å². The van der Waals surface area contributed by atoms with Crippen molar-refractivity contribution in [1.82, 2.24) is 15.3 Å². The predicted octanol–water partition coefficient (Wildman–Crippen LogP) is 1.30. The third kappa shape index (κ3) is 3.44. The maximum absolute atomic E-state index is 11.9. The molecule has 2 atom stereocenters. The lowest BCUT2D eigenvalue weighted by Crippen LogP contribution is -2.40. The average molecular weight is 302 g/mol. The van der Waals surface area contributed by atoms with E-state index >= 15 is 0 Å². The van der Waals surface area contributed by atoms with Gasteiger partial charge in [-0.15, -0.1) is 0 Å². The molecule has 1 saturated heterocycles. The Morgan fingerprint density at radius 1 is 1.55 bits per heavy atom. The van der Waals surface area contributed by atoms with Crippen LogP contribution in [0.2, 0.25) is 0 Å². The van der Waals surface area contributed by atoms with E-state index in [9.17, 15) is 4.79 Å². The quantitative estimate of drug-likeness (QED) is 0.830. The summed E-state index contributed by atoms with van der Waals surface area (Å²) >= 11 is 0. The van der Waals surface area contributed by atoms with Crippen molar-refractivity contribution in [3.05, 3.63) is 30.2 Å². The van der Waals surface area contributed by atoms with Crippen LogP contribution >= 0.6 is 0 Å². The number of aromatic nitrogens is 2. The lowest BCUT2D eigenvalue weighted by molar-refractivity contribution is -0.116. The number of nitrogens with zero attached hydrogens (tertiary/aromatic N) is 3. The maximum Gasteiger partial charge on any atom is 0.244 e. The van der Waals surface area contributed by atoms with E-state index in [-0.39, 0.29) is 18.1 Å². The number of ether oxygens (including phenoxy) is 1. The monoisotopic (exact) mass is 302 g/mol. The van der Waals surface area contributed by atoms with Crippen LogP contribution in [0.5, 0.6) is 0 Å². The molecule has 1 aromatic heterocycles. The van der Waals surface area contributed by atoms with Gasteiger partial charge in [0.05, 0.1) is 12.1 Å². The predicted molar refractivity (Wildman–Crippen MR) is 83.5 cm³/mol. The Bertz CT molecular complexity index is 540. The molecule has 0 aromatic carbocycles. The topological polar surface area (TPSA) is 67.3 Å². The van der Waals surface area contributed by atoms with Crippen LogP contribution in [0.3, 0.4) is 0 Å². The van der Waals surface area contributed by atoms with E-state index in [0.29, 0.717) is 6.54 Å². The molecule has 2 fully saturated rings. The maximum atomic E-state index is 11.9. The van der Waals surface area contributed by atoms with Crippen LogP contribution in [-0.2, 0) is 9.53 Å². The fraction of sp³-hybridized carbons (Fsp3) is 0.562. The molecule has 1 N–H and O–H groups in total. The molecule has 0 radical (unpaired) electrons. The Hall–Kier alpha value is -1.95. The standard InChI is InChI=1S/C16H22N4O2/c1-22-14-8-13(9-18-16(21)7-12-3-2-4-12)20(10-14)15-5-6-17-11-19-15/h5-7,11,13-14H,2-4,8-10H2,1H3,(H,18,21)/t13-,14-/m1/s1. The zero-order chi connectivity index (χ0) is 15.4. The Labute approximate surface area is 130 Å². The van der Waals surface area contributed by atoms with Crippen molar-refractivity contribution in [3.8, 4) is 0 Å². The third-order valence-corrected chi connectivity index (χ3v) is 4.41. The van der Waals surface area contributed by atoms with Crippen molar-refractivity contribution in [2.24, 2.45) is 0 Å². The number of methoxy groups -OCH3 is 1. The summed E-state index contributed by atoms with van der Waals surface area (Å²) in [5.41, 5.74) is 1.26. The highest BCUT2D eigenvalue weighted by Crippen LogP contribution is 2.26. The number of rotatable bonds is 5. The number of carbonyl (C=O) groups excluding carboxylic acids is 1. The number of allylic oxidation sites excluding steroid dienone is 1. The summed E-state index contributed by atoms with van der Waals surface area (Å²) in [7, 11) is 1.73. The van der Waals surface area contributed by atoms with Crippen molar-refractivity contribution in [1.29, 1.82) is 0 Å². The molecular weight excluding hydrogens is 280 g/mol. The molecule has 2 heterocycles. The fourth-order valence-corrected chi connectivity index (χ4v) is 2.95. The highest BCUT2D eigenvalue weighted by atomic mass is 16.5. The summed E-state index contributed by atoms with van der Waals surface area (Å²) in [4.78, 5) is 22.4. The summed E-state index contributed by atoms with van der Waals surface area (Å²) in [6.45, 7) is 1.39. The van der Waals surface area contributed by atoms with Crippen LogP contribution in [-0.4, -0.2) is 48.2 Å². The number of anilines is 1. The Morgan fingerprint density at radius 3 is 3.05 bits per heavy atom. The lowest BCUT2D eigenvalue weighted by Gasteiger charge is -2.25. The molecule has 0 spiro atoms. The van der Waals surface area contributed by atoms with Crippen molar-refractivity contribution in [3.63, 3.8) is 0 Å². The number of hydrogen-bond acceptors (Lipinski definition) is 5. The van der Waals surface area contributed by atoms with Crippen molar-refractivity contribution in [2.75, 3.05) is 25.1 Å².